The van der Waals surface area contributed by atoms with Gasteiger partial charge in [0.2, 0.25) is 5.54 Å². The molecule has 0 aromatic heterocycles. The second kappa shape index (κ2) is 4.05. The number of hydrogen-bond acceptors (Lipinski definition) is 3. The molecule has 0 spiro atoms. The van der Waals surface area contributed by atoms with E-state index in [4.69, 9.17) is 5.11 Å². The van der Waals surface area contributed by atoms with Crippen molar-refractivity contribution in [1.29, 1.82) is 0 Å². The van der Waals surface area contributed by atoms with Crippen LogP contribution in [-0.4, -0.2) is 22.2 Å². The van der Waals surface area contributed by atoms with Crippen LogP contribution in [0.3, 0.4) is 0 Å². The summed E-state index contributed by atoms with van der Waals surface area (Å²) in [6.45, 7) is 1.22. The van der Waals surface area contributed by atoms with Gasteiger partial charge < -0.3 is 5.11 Å². The molecular weight excluding hydrogens is 170 g/mol. The van der Waals surface area contributed by atoms with E-state index in [0.717, 1.165) is 25.7 Å². The number of hydrogen-bond donors (Lipinski definition) is 1. The van der Waals surface area contributed by atoms with E-state index >= 15 is 0 Å². The summed E-state index contributed by atoms with van der Waals surface area (Å²) in [4.78, 5) is 10.5. The van der Waals surface area contributed by atoms with Crippen molar-refractivity contribution in [3.8, 4) is 0 Å². The van der Waals surface area contributed by atoms with Crippen molar-refractivity contribution in [2.45, 2.75) is 44.6 Å². The summed E-state index contributed by atoms with van der Waals surface area (Å²) in [6.07, 6.45) is 5.08. The Kier molecular flexibility index (Phi) is 3.25. The summed E-state index contributed by atoms with van der Waals surface area (Å²) in [5.41, 5.74) is -1.11. The molecule has 1 rings (SSSR count). The first kappa shape index (κ1) is 10.4. The zero-order chi connectivity index (χ0) is 9.90. The van der Waals surface area contributed by atoms with Gasteiger partial charge in [0.25, 0.3) is 0 Å². The summed E-state index contributed by atoms with van der Waals surface area (Å²) in [5.74, 6) is 0.0567. The van der Waals surface area contributed by atoms with Gasteiger partial charge in [-0.05, 0) is 12.8 Å². The van der Waals surface area contributed by atoms with Crippen molar-refractivity contribution in [1.82, 2.24) is 0 Å². The molecule has 4 nitrogen and oxygen atoms in total. The van der Waals surface area contributed by atoms with Crippen molar-refractivity contribution in [3.63, 3.8) is 0 Å². The lowest BCUT2D eigenvalue weighted by Gasteiger charge is -2.31. The van der Waals surface area contributed by atoms with E-state index in [-0.39, 0.29) is 17.4 Å². The Bertz CT molecular complexity index is 189. The molecule has 1 aliphatic carbocycles. The first-order valence-electron chi connectivity index (χ1n) is 4.86. The van der Waals surface area contributed by atoms with Crippen LogP contribution in [0.5, 0.6) is 0 Å². The van der Waals surface area contributed by atoms with Crippen LogP contribution in [0.15, 0.2) is 0 Å². The quantitative estimate of drug-likeness (QED) is 0.539. The molecule has 0 aromatic rings. The Labute approximate surface area is 78.1 Å². The molecule has 13 heavy (non-hydrogen) atoms. The molecule has 1 atom stereocenters. The van der Waals surface area contributed by atoms with Crippen LogP contribution in [0.25, 0.3) is 0 Å². The lowest BCUT2D eigenvalue weighted by atomic mass is 9.76. The maximum Gasteiger partial charge on any atom is 0.244 e. The zero-order valence-corrected chi connectivity index (χ0v) is 8.03. The fraction of sp³-hybridized carbons (Fsp3) is 1.00. The Morgan fingerprint density at radius 2 is 2.00 bits per heavy atom. The molecule has 1 saturated carbocycles. The van der Waals surface area contributed by atoms with Crippen LogP contribution in [0, 0.1) is 16.0 Å². The van der Waals surface area contributed by atoms with Crippen LogP contribution in [0.1, 0.15) is 39.0 Å². The second-order valence-electron chi connectivity index (χ2n) is 4.11. The van der Waals surface area contributed by atoms with Crippen LogP contribution < -0.4 is 0 Å². The van der Waals surface area contributed by atoms with Gasteiger partial charge in [-0.3, -0.25) is 10.1 Å². The lowest BCUT2D eigenvalue weighted by molar-refractivity contribution is -0.581. The van der Waals surface area contributed by atoms with Crippen molar-refractivity contribution in [2.75, 3.05) is 6.61 Å². The highest BCUT2D eigenvalue weighted by Gasteiger charge is 2.45. The van der Waals surface area contributed by atoms with Crippen LogP contribution >= 0.6 is 0 Å². The van der Waals surface area contributed by atoms with Crippen molar-refractivity contribution in [2.24, 2.45) is 5.92 Å². The molecule has 0 saturated heterocycles. The number of nitrogens with zero attached hydrogens (tertiary/aromatic N) is 1. The summed E-state index contributed by atoms with van der Waals surface area (Å²) in [5, 5.41) is 19.9. The highest BCUT2D eigenvalue weighted by molar-refractivity contribution is 4.84. The predicted molar refractivity (Wildman–Crippen MR) is 49.1 cm³/mol. The zero-order valence-electron chi connectivity index (χ0n) is 8.03. The number of aliphatic hydroxyl groups excluding tert-OH is 1. The Hall–Kier alpha value is -0.640. The maximum absolute atomic E-state index is 10.8. The van der Waals surface area contributed by atoms with E-state index in [2.05, 4.69) is 0 Å². The summed E-state index contributed by atoms with van der Waals surface area (Å²) in [7, 11) is 0. The molecule has 1 fully saturated rings. The normalized spacial score (nSPS) is 23.8. The summed E-state index contributed by atoms with van der Waals surface area (Å²) < 4.78 is 0. The third-order valence-electron chi connectivity index (χ3n) is 3.22. The van der Waals surface area contributed by atoms with E-state index in [9.17, 15) is 10.1 Å². The number of rotatable bonds is 3. The van der Waals surface area contributed by atoms with Crippen LogP contribution in [0.4, 0.5) is 0 Å². The first-order valence-corrected chi connectivity index (χ1v) is 4.86. The molecule has 1 unspecified atom stereocenters. The van der Waals surface area contributed by atoms with Gasteiger partial charge >= 0.3 is 0 Å². The predicted octanol–water partition coefficient (Wildman–Crippen LogP) is 1.59. The number of aliphatic hydroxyl groups is 1. The Morgan fingerprint density at radius 1 is 1.46 bits per heavy atom. The average molecular weight is 187 g/mol. The second-order valence-corrected chi connectivity index (χ2v) is 4.11. The van der Waals surface area contributed by atoms with E-state index in [1.54, 1.807) is 6.92 Å². The summed E-state index contributed by atoms with van der Waals surface area (Å²) in [6, 6.07) is 0. The minimum absolute atomic E-state index is 0.0567. The third kappa shape index (κ3) is 1.99. The van der Waals surface area contributed by atoms with E-state index in [1.165, 1.54) is 6.42 Å². The van der Waals surface area contributed by atoms with Crippen LogP contribution in [-0.2, 0) is 0 Å². The van der Waals surface area contributed by atoms with Crippen molar-refractivity contribution in [3.05, 3.63) is 10.1 Å². The lowest BCUT2D eigenvalue weighted by Crippen LogP contribution is -2.46. The number of nitro groups is 1. The van der Waals surface area contributed by atoms with Gasteiger partial charge in [-0.2, -0.15) is 0 Å². The molecular formula is C9H17NO3. The Morgan fingerprint density at radius 3 is 2.38 bits per heavy atom. The van der Waals surface area contributed by atoms with Gasteiger partial charge in [-0.1, -0.05) is 19.3 Å². The standard InChI is InChI=1S/C9H17NO3/c1-9(7-11,10(12)13)8-5-3-2-4-6-8/h8,11H,2-7H2,1H3. The molecule has 0 bridgehead atoms. The van der Waals surface area contributed by atoms with Crippen LogP contribution in [0.2, 0.25) is 0 Å². The molecule has 1 N–H and O–H groups in total. The van der Waals surface area contributed by atoms with E-state index in [0.29, 0.717) is 0 Å². The SMILES string of the molecule is CC(CO)(C1CCCCC1)[N+](=O)[O-]. The average Bonchev–Trinajstić information content (AvgIpc) is 2.17. The minimum Gasteiger partial charge on any atom is -0.389 e. The molecule has 0 heterocycles. The third-order valence-corrected chi connectivity index (χ3v) is 3.22. The molecule has 0 aliphatic heterocycles. The van der Waals surface area contributed by atoms with Gasteiger partial charge in [0.1, 0.15) is 6.61 Å². The molecule has 76 valence electrons. The van der Waals surface area contributed by atoms with Crippen molar-refractivity contribution < 1.29 is 10.0 Å². The molecule has 0 radical (unpaired) electrons. The smallest absolute Gasteiger partial charge is 0.244 e. The monoisotopic (exact) mass is 187 g/mol. The summed E-state index contributed by atoms with van der Waals surface area (Å²) >= 11 is 0. The maximum atomic E-state index is 10.8. The first-order chi connectivity index (χ1) is 6.11. The molecule has 1 aliphatic rings. The topological polar surface area (TPSA) is 63.4 Å². The van der Waals surface area contributed by atoms with Gasteiger partial charge in [0.15, 0.2) is 0 Å². The van der Waals surface area contributed by atoms with E-state index in [1.807, 2.05) is 0 Å². The molecule has 4 heteroatoms. The van der Waals surface area contributed by atoms with Gasteiger partial charge in [0, 0.05) is 17.8 Å². The van der Waals surface area contributed by atoms with E-state index < -0.39 is 5.54 Å². The highest BCUT2D eigenvalue weighted by Crippen LogP contribution is 2.34. The van der Waals surface area contributed by atoms with Crippen molar-refractivity contribution >= 4 is 0 Å². The fourth-order valence-electron chi connectivity index (χ4n) is 2.06. The van der Waals surface area contributed by atoms with Gasteiger partial charge in [-0.25, -0.2) is 0 Å². The van der Waals surface area contributed by atoms with Gasteiger partial charge in [0.05, 0.1) is 0 Å². The largest absolute Gasteiger partial charge is 0.389 e. The molecule has 0 aromatic carbocycles. The minimum atomic E-state index is -1.11. The Balaban J connectivity index is 2.68. The fourth-order valence-corrected chi connectivity index (χ4v) is 2.06. The molecule has 0 amide bonds. The highest BCUT2D eigenvalue weighted by atomic mass is 16.6. The van der Waals surface area contributed by atoms with Gasteiger partial charge in [-0.15, -0.1) is 0 Å².